The minimum Gasteiger partial charge on any atom is -0.396 e. The van der Waals surface area contributed by atoms with Crippen molar-refractivity contribution in [2.75, 3.05) is 31.1 Å². The van der Waals surface area contributed by atoms with Gasteiger partial charge in [0.2, 0.25) is 0 Å². The number of hydrogen-bond donors (Lipinski definition) is 2. The van der Waals surface area contributed by atoms with Crippen LogP contribution in [0.4, 0.5) is 16.2 Å². The van der Waals surface area contributed by atoms with Crippen LogP contribution in [0.3, 0.4) is 0 Å². The zero-order valence-corrected chi connectivity index (χ0v) is 12.6. The molecule has 5 nitrogen and oxygen atoms in total. The zero-order chi connectivity index (χ0) is 15.1. The fraction of sp³-hybridized carbons (Fsp3) is 0.562. The predicted octanol–water partition coefficient (Wildman–Crippen LogP) is 2.25. The number of rotatable bonds is 5. The van der Waals surface area contributed by atoms with Gasteiger partial charge in [-0.05, 0) is 49.4 Å². The van der Waals surface area contributed by atoms with Gasteiger partial charge in [-0.3, -0.25) is 0 Å². The molecule has 0 aromatic heterocycles. The summed E-state index contributed by atoms with van der Waals surface area (Å²) in [4.78, 5) is 13.9. The van der Waals surface area contributed by atoms with Crippen LogP contribution in [-0.2, 0) is 0 Å². The molecule has 0 bridgehead atoms. The highest BCUT2D eigenvalue weighted by Crippen LogP contribution is 2.24. The van der Waals surface area contributed by atoms with E-state index in [1.165, 1.54) is 18.5 Å². The Morgan fingerprint density at radius 1 is 1.33 bits per heavy atom. The van der Waals surface area contributed by atoms with Gasteiger partial charge in [0.1, 0.15) is 0 Å². The molecule has 21 heavy (non-hydrogen) atoms. The largest absolute Gasteiger partial charge is 0.396 e. The summed E-state index contributed by atoms with van der Waals surface area (Å²) < 4.78 is 0. The van der Waals surface area contributed by atoms with Crippen molar-refractivity contribution < 1.29 is 9.90 Å². The minimum absolute atomic E-state index is 0.0728. The molecule has 1 fully saturated rings. The Kier molecular flexibility index (Phi) is 5.87. The number of carbonyl (C=O) groups excluding carboxylic acids is 1. The van der Waals surface area contributed by atoms with Crippen molar-refractivity contribution in [2.45, 2.75) is 26.2 Å². The van der Waals surface area contributed by atoms with Crippen LogP contribution in [0.5, 0.6) is 0 Å². The molecule has 115 valence electrons. The SMILES string of the molecule is CC1CCN(c2ccc([N]C(=O)NCCCO)cc2)CC1. The summed E-state index contributed by atoms with van der Waals surface area (Å²) in [7, 11) is 0. The molecule has 5 heteroatoms. The number of hydrogen-bond acceptors (Lipinski definition) is 3. The third-order valence-electron chi connectivity index (χ3n) is 3.84. The number of anilines is 1. The minimum atomic E-state index is -0.358. The maximum Gasteiger partial charge on any atom is 0.341 e. The Bertz CT molecular complexity index is 439. The van der Waals surface area contributed by atoms with Gasteiger partial charge >= 0.3 is 6.03 Å². The lowest BCUT2D eigenvalue weighted by Crippen LogP contribution is -2.32. The second-order valence-electron chi connectivity index (χ2n) is 5.61. The number of nitrogens with one attached hydrogen (secondary N) is 1. The molecule has 2 N–H and O–H groups in total. The highest BCUT2D eigenvalue weighted by molar-refractivity contribution is 5.79. The van der Waals surface area contributed by atoms with Gasteiger partial charge in [-0.15, -0.1) is 0 Å². The number of carbonyl (C=O) groups is 1. The van der Waals surface area contributed by atoms with Gasteiger partial charge in [0, 0.05) is 31.9 Å². The molecular formula is C16H24N3O2. The number of aliphatic hydroxyl groups excluding tert-OH is 1. The van der Waals surface area contributed by atoms with E-state index in [2.05, 4.69) is 22.5 Å². The molecule has 1 radical (unpaired) electrons. The van der Waals surface area contributed by atoms with Crippen molar-refractivity contribution >= 4 is 17.4 Å². The van der Waals surface area contributed by atoms with E-state index >= 15 is 0 Å². The average Bonchev–Trinajstić information content (AvgIpc) is 2.49. The highest BCUT2D eigenvalue weighted by atomic mass is 16.3. The van der Waals surface area contributed by atoms with Crippen LogP contribution in [0.25, 0.3) is 0 Å². The molecule has 0 atom stereocenters. The lowest BCUT2D eigenvalue weighted by Gasteiger charge is -2.32. The van der Waals surface area contributed by atoms with E-state index in [1.807, 2.05) is 24.3 Å². The number of piperidine rings is 1. The molecule has 2 rings (SSSR count). The van der Waals surface area contributed by atoms with Gasteiger partial charge < -0.3 is 15.3 Å². The van der Waals surface area contributed by atoms with Crippen LogP contribution in [0, 0.1) is 5.92 Å². The molecule has 1 heterocycles. The molecular weight excluding hydrogens is 266 g/mol. The van der Waals surface area contributed by atoms with E-state index in [9.17, 15) is 4.79 Å². The van der Waals surface area contributed by atoms with E-state index in [4.69, 9.17) is 5.11 Å². The first-order valence-corrected chi connectivity index (χ1v) is 7.64. The summed E-state index contributed by atoms with van der Waals surface area (Å²) in [5, 5.41) is 15.3. The van der Waals surface area contributed by atoms with Gasteiger partial charge in [0.25, 0.3) is 0 Å². The van der Waals surface area contributed by atoms with E-state index in [0.29, 0.717) is 18.7 Å². The normalized spacial score (nSPS) is 15.8. The summed E-state index contributed by atoms with van der Waals surface area (Å²) >= 11 is 0. The molecule has 0 unspecified atom stereocenters. The Balaban J connectivity index is 1.83. The number of aliphatic hydroxyl groups is 1. The molecule has 0 spiro atoms. The Hall–Kier alpha value is -1.75. The van der Waals surface area contributed by atoms with Gasteiger partial charge in [0.05, 0.1) is 5.69 Å². The first kappa shape index (κ1) is 15.6. The van der Waals surface area contributed by atoms with Gasteiger partial charge in [-0.25, -0.2) is 4.79 Å². The number of amides is 2. The Labute approximate surface area is 126 Å². The smallest absolute Gasteiger partial charge is 0.341 e. The van der Waals surface area contributed by atoms with Crippen molar-refractivity contribution in [3.8, 4) is 0 Å². The molecule has 1 aliphatic rings. The first-order chi connectivity index (χ1) is 10.2. The third kappa shape index (κ3) is 4.93. The van der Waals surface area contributed by atoms with Gasteiger partial charge in [0.15, 0.2) is 0 Å². The monoisotopic (exact) mass is 290 g/mol. The van der Waals surface area contributed by atoms with Crippen LogP contribution in [0.2, 0.25) is 0 Å². The second kappa shape index (κ2) is 7.88. The third-order valence-corrected chi connectivity index (χ3v) is 3.84. The van der Waals surface area contributed by atoms with Crippen molar-refractivity contribution in [3.63, 3.8) is 0 Å². The van der Waals surface area contributed by atoms with Crippen molar-refractivity contribution in [1.29, 1.82) is 0 Å². The molecule has 2 amide bonds. The van der Waals surface area contributed by atoms with Crippen molar-refractivity contribution in [3.05, 3.63) is 24.3 Å². The van der Waals surface area contributed by atoms with Gasteiger partial charge in [-0.1, -0.05) is 6.92 Å². The lowest BCUT2D eigenvalue weighted by atomic mass is 9.99. The van der Waals surface area contributed by atoms with Crippen molar-refractivity contribution in [2.24, 2.45) is 5.92 Å². The predicted molar refractivity (Wildman–Crippen MR) is 83.9 cm³/mol. The first-order valence-electron chi connectivity index (χ1n) is 7.64. The van der Waals surface area contributed by atoms with E-state index in [1.54, 1.807) is 0 Å². The molecule has 0 aliphatic carbocycles. The number of nitrogens with zero attached hydrogens (tertiary/aromatic N) is 2. The number of benzene rings is 1. The van der Waals surface area contributed by atoms with Crippen LogP contribution >= 0.6 is 0 Å². The second-order valence-corrected chi connectivity index (χ2v) is 5.61. The Morgan fingerprint density at radius 2 is 2.00 bits per heavy atom. The van der Waals surface area contributed by atoms with Crippen LogP contribution in [0.15, 0.2) is 24.3 Å². The molecule has 1 aromatic carbocycles. The molecule has 1 aromatic rings. The summed E-state index contributed by atoms with van der Waals surface area (Å²) in [5.41, 5.74) is 1.85. The summed E-state index contributed by atoms with van der Waals surface area (Å²) in [6, 6.07) is 7.44. The topological polar surface area (TPSA) is 66.7 Å². The molecule has 1 aliphatic heterocycles. The lowest BCUT2D eigenvalue weighted by molar-refractivity contribution is 0.241. The Morgan fingerprint density at radius 3 is 2.62 bits per heavy atom. The van der Waals surface area contributed by atoms with E-state index in [-0.39, 0.29) is 12.6 Å². The standard InChI is InChI=1S/C16H24N3O2/c1-13-7-10-19(11-8-13)15-5-3-14(4-6-15)18-16(21)17-9-2-12-20/h3-6,13,20H,2,7-12H2,1H3,(H,17,21). The quantitative estimate of drug-likeness (QED) is 0.817. The average molecular weight is 290 g/mol. The fourth-order valence-electron chi connectivity index (χ4n) is 2.44. The van der Waals surface area contributed by atoms with Crippen LogP contribution in [-0.4, -0.2) is 37.4 Å². The zero-order valence-electron chi connectivity index (χ0n) is 12.6. The van der Waals surface area contributed by atoms with Crippen LogP contribution < -0.4 is 15.5 Å². The fourth-order valence-corrected chi connectivity index (χ4v) is 2.44. The summed E-state index contributed by atoms with van der Waals surface area (Å²) in [6.07, 6.45) is 3.02. The maximum atomic E-state index is 11.5. The van der Waals surface area contributed by atoms with E-state index in [0.717, 1.165) is 19.0 Å². The maximum absolute atomic E-state index is 11.5. The summed E-state index contributed by atoms with van der Waals surface area (Å²) in [5.74, 6) is 0.818. The van der Waals surface area contributed by atoms with Gasteiger partial charge in [-0.2, -0.15) is 5.32 Å². The number of urea groups is 1. The summed E-state index contributed by atoms with van der Waals surface area (Å²) in [6.45, 7) is 5.01. The van der Waals surface area contributed by atoms with Crippen molar-refractivity contribution in [1.82, 2.24) is 10.6 Å². The molecule has 0 saturated carbocycles. The van der Waals surface area contributed by atoms with Crippen LogP contribution in [0.1, 0.15) is 26.2 Å². The van der Waals surface area contributed by atoms with E-state index < -0.39 is 0 Å². The molecule has 1 saturated heterocycles. The highest BCUT2D eigenvalue weighted by Gasteiger charge is 2.16.